The van der Waals surface area contributed by atoms with Gasteiger partial charge in [0, 0.05) is 36.1 Å². The van der Waals surface area contributed by atoms with Crippen LogP contribution in [0.1, 0.15) is 53.3 Å². The van der Waals surface area contributed by atoms with Crippen molar-refractivity contribution in [2.24, 2.45) is 16.6 Å². The number of halogens is 1. The Bertz CT molecular complexity index is 1290. The van der Waals surface area contributed by atoms with Crippen molar-refractivity contribution in [1.29, 1.82) is 0 Å². The lowest BCUT2D eigenvalue weighted by Crippen LogP contribution is -2.34. The van der Waals surface area contributed by atoms with E-state index in [0.717, 1.165) is 40.9 Å². The summed E-state index contributed by atoms with van der Waals surface area (Å²) in [5.74, 6) is 0.331. The second-order valence-electron chi connectivity index (χ2n) is 8.65. The fraction of sp³-hybridized carbons (Fsp3) is 0.231. The molecule has 2 N–H and O–H groups in total. The molecule has 3 heterocycles. The van der Waals surface area contributed by atoms with E-state index in [1.54, 1.807) is 24.7 Å². The van der Waals surface area contributed by atoms with Gasteiger partial charge in [-0.25, -0.2) is 4.39 Å². The maximum atomic E-state index is 14.9. The number of rotatable bonds is 4. The third-order valence-electron chi connectivity index (χ3n) is 6.70. The molecule has 5 nitrogen and oxygen atoms in total. The van der Waals surface area contributed by atoms with Gasteiger partial charge in [0.25, 0.3) is 0 Å². The van der Waals surface area contributed by atoms with Crippen molar-refractivity contribution in [3.63, 3.8) is 0 Å². The maximum Gasteiger partial charge on any atom is 0.134 e. The number of pyridine rings is 1. The minimum Gasteiger partial charge on any atom is -0.383 e. The van der Waals surface area contributed by atoms with Gasteiger partial charge in [-0.05, 0) is 54.2 Å². The molecule has 1 fully saturated rings. The topological polar surface area (TPSA) is 77.0 Å². The number of allylic oxidation sites excluding steroid dienone is 3. The Morgan fingerprint density at radius 1 is 1.06 bits per heavy atom. The van der Waals surface area contributed by atoms with Crippen molar-refractivity contribution >= 4 is 11.4 Å². The largest absolute Gasteiger partial charge is 0.383 e. The first-order valence-electron chi connectivity index (χ1n) is 10.9. The summed E-state index contributed by atoms with van der Waals surface area (Å²) < 4.78 is 14.9. The van der Waals surface area contributed by atoms with Crippen molar-refractivity contribution in [1.82, 2.24) is 15.0 Å². The summed E-state index contributed by atoms with van der Waals surface area (Å²) in [5.41, 5.74) is 10.7. The fourth-order valence-corrected chi connectivity index (χ4v) is 5.03. The van der Waals surface area contributed by atoms with Crippen LogP contribution < -0.4 is 5.73 Å². The third kappa shape index (κ3) is 2.90. The number of hydrogen-bond acceptors (Lipinski definition) is 5. The van der Waals surface area contributed by atoms with Crippen molar-refractivity contribution in [3.8, 4) is 0 Å². The SMILES string of the molecule is NC1=NC(c2ccnc(C3CC3)c2)(C2C=CC=C(c3cnccn3)C2)c2cccc(F)c21. The highest BCUT2D eigenvalue weighted by Gasteiger charge is 2.48. The molecule has 158 valence electrons. The first kappa shape index (κ1) is 19.0. The summed E-state index contributed by atoms with van der Waals surface area (Å²) in [4.78, 5) is 18.3. The average Bonchev–Trinajstić information content (AvgIpc) is 3.64. The molecule has 3 aliphatic rings. The molecule has 0 radical (unpaired) electrons. The van der Waals surface area contributed by atoms with Gasteiger partial charge in [0.2, 0.25) is 0 Å². The minimum atomic E-state index is -0.827. The standard InChI is InChI=1S/C26H22FN5/c27-21-6-2-5-20-24(21)25(28)32-26(20,19-9-10-30-22(14-19)16-7-8-16)18-4-1-3-17(13-18)23-15-29-11-12-31-23/h1-6,9-12,14-16,18H,7-8,13H2,(H2,28,32). The van der Waals surface area contributed by atoms with E-state index >= 15 is 0 Å². The van der Waals surface area contributed by atoms with E-state index in [1.807, 2.05) is 24.4 Å². The summed E-state index contributed by atoms with van der Waals surface area (Å²) >= 11 is 0. The lowest BCUT2D eigenvalue weighted by molar-refractivity contribution is 0.406. The van der Waals surface area contributed by atoms with Gasteiger partial charge in [-0.3, -0.25) is 19.9 Å². The van der Waals surface area contributed by atoms with Crippen LogP contribution in [0.2, 0.25) is 0 Å². The van der Waals surface area contributed by atoms with Crippen LogP contribution in [0.25, 0.3) is 5.57 Å². The maximum absolute atomic E-state index is 14.9. The number of aliphatic imine (C=N–C) groups is 1. The van der Waals surface area contributed by atoms with Gasteiger partial charge in [-0.1, -0.05) is 30.4 Å². The lowest BCUT2D eigenvalue weighted by Gasteiger charge is -2.37. The molecule has 2 unspecified atom stereocenters. The van der Waals surface area contributed by atoms with Crippen molar-refractivity contribution in [2.45, 2.75) is 30.7 Å². The predicted molar refractivity (Wildman–Crippen MR) is 121 cm³/mol. The molecular formula is C26H22FN5. The molecule has 0 spiro atoms. The Morgan fingerprint density at radius 2 is 1.97 bits per heavy atom. The molecule has 2 aliphatic carbocycles. The van der Waals surface area contributed by atoms with Crippen LogP contribution in [-0.2, 0) is 5.54 Å². The minimum absolute atomic E-state index is 0.0689. The van der Waals surface area contributed by atoms with Crippen molar-refractivity contribution in [2.75, 3.05) is 0 Å². The zero-order chi connectivity index (χ0) is 21.7. The van der Waals surface area contributed by atoms with Gasteiger partial charge in [-0.2, -0.15) is 0 Å². The van der Waals surface area contributed by atoms with E-state index < -0.39 is 5.54 Å². The number of amidine groups is 1. The van der Waals surface area contributed by atoms with Gasteiger partial charge in [0.15, 0.2) is 0 Å². The summed E-state index contributed by atoms with van der Waals surface area (Å²) in [6.45, 7) is 0. The zero-order valence-corrected chi connectivity index (χ0v) is 17.4. The van der Waals surface area contributed by atoms with Gasteiger partial charge in [-0.15, -0.1) is 0 Å². The Balaban J connectivity index is 1.53. The summed E-state index contributed by atoms with van der Waals surface area (Å²) in [6, 6.07) is 9.28. The number of hydrogen-bond donors (Lipinski definition) is 1. The molecule has 0 amide bonds. The van der Waals surface area contributed by atoms with E-state index in [9.17, 15) is 4.39 Å². The molecule has 6 rings (SSSR count). The van der Waals surface area contributed by atoms with Crippen molar-refractivity contribution < 1.29 is 4.39 Å². The Morgan fingerprint density at radius 3 is 2.78 bits per heavy atom. The molecule has 1 aromatic carbocycles. The summed E-state index contributed by atoms with van der Waals surface area (Å²) in [7, 11) is 0. The molecule has 6 heteroatoms. The van der Waals surface area contributed by atoms with E-state index in [1.165, 1.54) is 6.07 Å². The molecule has 0 bridgehead atoms. The smallest absolute Gasteiger partial charge is 0.134 e. The molecule has 32 heavy (non-hydrogen) atoms. The predicted octanol–water partition coefficient (Wildman–Crippen LogP) is 4.51. The number of benzene rings is 1. The molecule has 1 saturated carbocycles. The van der Waals surface area contributed by atoms with Gasteiger partial charge in [0.05, 0.1) is 17.5 Å². The number of nitrogens with zero attached hydrogens (tertiary/aromatic N) is 4. The molecule has 2 atom stereocenters. The van der Waals surface area contributed by atoms with Crippen molar-refractivity contribution in [3.05, 3.63) is 107 Å². The Hall–Kier alpha value is -3.67. The highest BCUT2D eigenvalue weighted by Crippen LogP contribution is 2.51. The molecular weight excluding hydrogens is 401 g/mol. The number of fused-ring (bicyclic) bond motifs is 1. The second kappa shape index (κ2) is 7.19. The van der Waals surface area contributed by atoms with E-state index in [-0.39, 0.29) is 17.6 Å². The number of aromatic nitrogens is 3. The van der Waals surface area contributed by atoms with Gasteiger partial charge >= 0.3 is 0 Å². The first-order valence-corrected chi connectivity index (χ1v) is 10.9. The van der Waals surface area contributed by atoms with Crippen LogP contribution in [0.15, 0.2) is 78.3 Å². The quantitative estimate of drug-likeness (QED) is 0.670. The van der Waals surface area contributed by atoms with Gasteiger partial charge < -0.3 is 5.73 Å². The zero-order valence-electron chi connectivity index (χ0n) is 17.4. The van der Waals surface area contributed by atoms with E-state index in [0.29, 0.717) is 17.9 Å². The number of nitrogens with two attached hydrogens (primary N) is 1. The van der Waals surface area contributed by atoms with Crippen LogP contribution in [0.5, 0.6) is 0 Å². The van der Waals surface area contributed by atoms with Gasteiger partial charge in [0.1, 0.15) is 17.2 Å². The lowest BCUT2D eigenvalue weighted by atomic mass is 9.69. The van der Waals surface area contributed by atoms with E-state index in [4.69, 9.17) is 10.7 Å². The van der Waals surface area contributed by atoms with Crippen LogP contribution in [0, 0.1) is 11.7 Å². The fourth-order valence-electron chi connectivity index (χ4n) is 5.03. The molecule has 2 aromatic heterocycles. The van der Waals surface area contributed by atoms with Crippen LogP contribution in [0.3, 0.4) is 0 Å². The molecule has 1 aliphatic heterocycles. The van der Waals surface area contributed by atoms with Crippen LogP contribution in [-0.4, -0.2) is 20.8 Å². The van der Waals surface area contributed by atoms with Crippen LogP contribution in [0.4, 0.5) is 4.39 Å². The van der Waals surface area contributed by atoms with E-state index in [2.05, 4.69) is 33.2 Å². The normalized spacial score (nSPS) is 24.1. The monoisotopic (exact) mass is 423 g/mol. The molecule has 3 aromatic rings. The summed E-state index contributed by atoms with van der Waals surface area (Å²) in [5, 5.41) is 0. The highest BCUT2D eigenvalue weighted by atomic mass is 19.1. The third-order valence-corrected chi connectivity index (χ3v) is 6.70. The Labute approximate surface area is 185 Å². The first-order chi connectivity index (χ1) is 15.7. The highest BCUT2D eigenvalue weighted by molar-refractivity contribution is 6.03. The molecule has 0 saturated heterocycles. The van der Waals surface area contributed by atoms with Crippen LogP contribution >= 0.6 is 0 Å². The summed E-state index contributed by atoms with van der Waals surface area (Å²) in [6.07, 6.45) is 16.2. The Kier molecular flexibility index (Phi) is 4.28. The second-order valence-corrected chi connectivity index (χ2v) is 8.65. The average molecular weight is 423 g/mol.